The molecule has 1 rings (SSSR count). The minimum absolute atomic E-state index is 0.324. The number of nitrogens with zero attached hydrogens (tertiary/aromatic N) is 2. The lowest BCUT2D eigenvalue weighted by molar-refractivity contribution is -0.853. The Bertz CT molecular complexity index is 359. The third kappa shape index (κ3) is 5.49. The largest absolute Gasteiger partial charge is 0.487 e. The van der Waals surface area contributed by atoms with Crippen molar-refractivity contribution < 1.29 is 14.8 Å². The second kappa shape index (κ2) is 6.18. The van der Waals surface area contributed by atoms with Crippen LogP contribution in [0.1, 0.15) is 19.4 Å². The van der Waals surface area contributed by atoms with E-state index in [1.54, 1.807) is 13.8 Å². The van der Waals surface area contributed by atoms with Crippen LogP contribution in [0.3, 0.4) is 0 Å². The van der Waals surface area contributed by atoms with Crippen molar-refractivity contribution in [2.75, 3.05) is 20.6 Å². The van der Waals surface area contributed by atoms with Crippen molar-refractivity contribution in [1.29, 1.82) is 0 Å². The van der Waals surface area contributed by atoms with Crippen molar-refractivity contribution in [2.24, 2.45) is 0 Å². The van der Waals surface area contributed by atoms with Gasteiger partial charge in [0.15, 0.2) is 0 Å². The Balaban J connectivity index is 2.63. The van der Waals surface area contributed by atoms with Crippen molar-refractivity contribution >= 4 is 5.69 Å². The van der Waals surface area contributed by atoms with E-state index in [1.807, 2.05) is 38.4 Å². The summed E-state index contributed by atoms with van der Waals surface area (Å²) in [6.07, 6.45) is -0.0415. The fourth-order valence-electron chi connectivity index (χ4n) is 2.04. The number of benzene rings is 1. The molecule has 0 aliphatic rings. The zero-order valence-electron chi connectivity index (χ0n) is 11.7. The number of hydrogen-bond acceptors (Lipinski definition) is 2. The van der Waals surface area contributed by atoms with Crippen LogP contribution in [0.5, 0.6) is 0 Å². The highest BCUT2D eigenvalue weighted by Gasteiger charge is 2.10. The molecule has 2 N–H and O–H groups in total. The number of likely N-dealkylation sites (N-methyl/N-ethyl adjacent to an activating group) is 1. The molecule has 0 fully saturated rings. The second-order valence-corrected chi connectivity index (χ2v) is 5.47. The van der Waals surface area contributed by atoms with Crippen molar-refractivity contribution in [3.8, 4) is 0 Å². The first kappa shape index (κ1) is 15.0. The van der Waals surface area contributed by atoms with Crippen molar-refractivity contribution in [1.82, 2.24) is 0 Å². The first-order valence-electron chi connectivity index (χ1n) is 6.30. The van der Waals surface area contributed by atoms with Gasteiger partial charge < -0.3 is 20.2 Å². The monoisotopic (exact) mass is 252 g/mol. The average Bonchev–Trinajstić information content (AvgIpc) is 2.17. The van der Waals surface area contributed by atoms with Crippen LogP contribution >= 0.6 is 0 Å². The normalized spacial score (nSPS) is 15.2. The molecular formula is C14H24N2O2. The van der Waals surface area contributed by atoms with Crippen LogP contribution in [0.2, 0.25) is 0 Å². The van der Waals surface area contributed by atoms with Gasteiger partial charge in [-0.15, -0.1) is 0 Å². The standard InChI is InChI=1S/C14H24N2O2/c1-11(17)9-13-5-7-14(8-6-13)15-16(3,4)10-12(2)18/h5-8,11-12,17-18H,9-10H2,1-4H3. The highest BCUT2D eigenvalue weighted by molar-refractivity contribution is 5.46. The van der Waals surface area contributed by atoms with Gasteiger partial charge in [-0.2, -0.15) is 0 Å². The Labute approximate surface area is 109 Å². The van der Waals surface area contributed by atoms with Crippen molar-refractivity contribution in [3.63, 3.8) is 0 Å². The van der Waals surface area contributed by atoms with Crippen molar-refractivity contribution in [2.45, 2.75) is 32.5 Å². The molecule has 18 heavy (non-hydrogen) atoms. The predicted molar refractivity (Wildman–Crippen MR) is 73.5 cm³/mol. The van der Waals surface area contributed by atoms with Gasteiger partial charge in [-0.3, -0.25) is 0 Å². The molecule has 2 unspecified atom stereocenters. The number of aliphatic hydroxyl groups is 2. The van der Waals surface area contributed by atoms with Gasteiger partial charge in [0.1, 0.15) is 0 Å². The lowest BCUT2D eigenvalue weighted by Gasteiger charge is -2.43. The molecule has 0 amide bonds. The zero-order valence-corrected chi connectivity index (χ0v) is 11.7. The van der Waals surface area contributed by atoms with Gasteiger partial charge in [0.2, 0.25) is 0 Å². The summed E-state index contributed by atoms with van der Waals surface area (Å²) < 4.78 is 0.396. The first-order chi connectivity index (χ1) is 8.28. The Morgan fingerprint density at radius 1 is 1.06 bits per heavy atom. The van der Waals surface area contributed by atoms with E-state index < -0.39 is 0 Å². The number of hydrogen-bond donors (Lipinski definition) is 2. The van der Waals surface area contributed by atoms with Gasteiger partial charge >= 0.3 is 0 Å². The van der Waals surface area contributed by atoms with Crippen LogP contribution in [0.4, 0.5) is 5.69 Å². The minimum atomic E-state index is -0.377. The molecule has 0 saturated carbocycles. The van der Waals surface area contributed by atoms with E-state index in [4.69, 9.17) is 0 Å². The minimum Gasteiger partial charge on any atom is -0.487 e. The Morgan fingerprint density at radius 2 is 1.61 bits per heavy atom. The molecule has 0 aliphatic carbocycles. The van der Waals surface area contributed by atoms with E-state index in [0.29, 0.717) is 17.6 Å². The molecule has 0 bridgehead atoms. The van der Waals surface area contributed by atoms with E-state index in [2.05, 4.69) is 5.43 Å². The Hall–Kier alpha value is -1.10. The molecule has 0 aromatic heterocycles. The number of aliphatic hydroxyl groups excluding tert-OH is 2. The number of rotatable bonds is 6. The van der Waals surface area contributed by atoms with Crippen LogP contribution in [-0.4, -0.2) is 47.7 Å². The van der Waals surface area contributed by atoms with Crippen LogP contribution in [-0.2, 0) is 6.42 Å². The predicted octanol–water partition coefficient (Wildman–Crippen LogP) is 1.99. The zero-order chi connectivity index (χ0) is 13.8. The highest BCUT2D eigenvalue weighted by atomic mass is 16.3. The summed E-state index contributed by atoms with van der Waals surface area (Å²) in [6, 6.07) is 7.85. The van der Waals surface area contributed by atoms with E-state index in [9.17, 15) is 10.2 Å². The SMILES string of the molecule is CC(O)Cc1ccc([N-][N+](C)(C)CC(C)O)cc1. The lowest BCUT2D eigenvalue weighted by Crippen LogP contribution is -2.39. The molecule has 1 aromatic rings. The third-order valence-electron chi connectivity index (χ3n) is 2.56. The Morgan fingerprint density at radius 3 is 2.06 bits per heavy atom. The third-order valence-corrected chi connectivity index (χ3v) is 2.56. The maximum absolute atomic E-state index is 9.41. The quantitative estimate of drug-likeness (QED) is 0.601. The highest BCUT2D eigenvalue weighted by Crippen LogP contribution is 2.25. The summed E-state index contributed by atoms with van der Waals surface area (Å²) in [7, 11) is 3.91. The summed E-state index contributed by atoms with van der Waals surface area (Å²) in [5.41, 5.74) is 6.55. The molecule has 0 spiro atoms. The van der Waals surface area contributed by atoms with Gasteiger partial charge in [-0.1, -0.05) is 30.0 Å². The van der Waals surface area contributed by atoms with Gasteiger partial charge in [0.25, 0.3) is 0 Å². The molecule has 0 radical (unpaired) electrons. The fraction of sp³-hybridized carbons (Fsp3) is 0.571. The van der Waals surface area contributed by atoms with E-state index >= 15 is 0 Å². The van der Waals surface area contributed by atoms with Crippen LogP contribution in [0, 0.1) is 0 Å². The Kier molecular flexibility index (Phi) is 5.14. The van der Waals surface area contributed by atoms with E-state index in [-0.39, 0.29) is 12.2 Å². The number of quaternary nitrogens is 1. The smallest absolute Gasteiger partial charge is 0.0998 e. The second-order valence-electron chi connectivity index (χ2n) is 5.47. The van der Waals surface area contributed by atoms with Crippen LogP contribution in [0.15, 0.2) is 24.3 Å². The van der Waals surface area contributed by atoms with E-state index in [0.717, 1.165) is 11.3 Å². The lowest BCUT2D eigenvalue weighted by atomic mass is 10.1. The molecule has 0 aliphatic heterocycles. The van der Waals surface area contributed by atoms with E-state index in [1.165, 1.54) is 0 Å². The molecule has 2 atom stereocenters. The molecule has 0 heterocycles. The summed E-state index contributed by atoms with van der Waals surface area (Å²) in [6.45, 7) is 4.12. The summed E-state index contributed by atoms with van der Waals surface area (Å²) >= 11 is 0. The van der Waals surface area contributed by atoms with Crippen LogP contribution < -0.4 is 0 Å². The molecule has 4 heteroatoms. The summed E-state index contributed by atoms with van der Waals surface area (Å²) in [4.78, 5) is 0. The molecule has 1 aromatic carbocycles. The van der Waals surface area contributed by atoms with Gasteiger partial charge in [0, 0.05) is 0 Å². The molecule has 0 saturated heterocycles. The maximum atomic E-state index is 9.41. The summed E-state index contributed by atoms with van der Waals surface area (Å²) in [5, 5.41) is 18.7. The van der Waals surface area contributed by atoms with Crippen LogP contribution in [0.25, 0.3) is 5.43 Å². The van der Waals surface area contributed by atoms with Gasteiger partial charge in [-0.05, 0) is 25.8 Å². The maximum Gasteiger partial charge on any atom is 0.0998 e. The average molecular weight is 252 g/mol. The molecular weight excluding hydrogens is 228 g/mol. The molecule has 4 nitrogen and oxygen atoms in total. The molecule has 102 valence electrons. The summed E-state index contributed by atoms with van der Waals surface area (Å²) in [5.74, 6) is 0. The fourth-order valence-corrected chi connectivity index (χ4v) is 2.04. The van der Waals surface area contributed by atoms with Crippen molar-refractivity contribution in [3.05, 3.63) is 35.3 Å². The van der Waals surface area contributed by atoms with Gasteiger partial charge in [-0.25, -0.2) is 0 Å². The first-order valence-corrected chi connectivity index (χ1v) is 6.30. The topological polar surface area (TPSA) is 54.6 Å². The van der Waals surface area contributed by atoms with Gasteiger partial charge in [0.05, 0.1) is 32.8 Å².